The fourth-order valence-corrected chi connectivity index (χ4v) is 4.14. The third-order valence-electron chi connectivity index (χ3n) is 5.97. The average Bonchev–Trinajstić information content (AvgIpc) is 3.20. The molecule has 0 radical (unpaired) electrons. The molecule has 1 aromatic heterocycles. The van der Waals surface area contributed by atoms with Gasteiger partial charge in [-0.25, -0.2) is 14.2 Å². The summed E-state index contributed by atoms with van der Waals surface area (Å²) in [5.41, 5.74) is 3.43. The molecule has 1 aliphatic rings. The first-order valence-electron chi connectivity index (χ1n) is 11.5. The van der Waals surface area contributed by atoms with Gasteiger partial charge in [0, 0.05) is 23.7 Å². The summed E-state index contributed by atoms with van der Waals surface area (Å²) in [7, 11) is 0. The number of aromatic carboxylic acids is 1. The molecule has 3 aromatic carbocycles. The predicted octanol–water partition coefficient (Wildman–Crippen LogP) is 4.52. The number of fused-ring (bicyclic) bond motifs is 1. The van der Waals surface area contributed by atoms with Crippen molar-refractivity contribution in [3.8, 4) is 0 Å². The van der Waals surface area contributed by atoms with E-state index in [0.717, 1.165) is 16.6 Å². The Hall–Kier alpha value is -5.05. The van der Waals surface area contributed by atoms with Crippen LogP contribution in [-0.2, 0) is 11.3 Å². The highest BCUT2D eigenvalue weighted by Gasteiger charge is 2.32. The molecule has 0 atom stereocenters. The first-order chi connectivity index (χ1) is 17.9. The molecule has 37 heavy (non-hydrogen) atoms. The maximum atomic E-state index is 15.3. The fraction of sp³-hybridized carbons (Fsp3) is 0.0714. The number of pyridine rings is 1. The zero-order chi connectivity index (χ0) is 26.1. The van der Waals surface area contributed by atoms with Gasteiger partial charge in [0.2, 0.25) is 5.43 Å². The summed E-state index contributed by atoms with van der Waals surface area (Å²) in [6, 6.07) is 20.6. The number of nitrogens with one attached hydrogen (secondary N) is 1. The largest absolute Gasteiger partial charge is 0.477 e. The zero-order valence-corrected chi connectivity index (χ0v) is 19.7. The van der Waals surface area contributed by atoms with E-state index >= 15 is 4.39 Å². The molecule has 2 heterocycles. The van der Waals surface area contributed by atoms with Crippen LogP contribution >= 0.6 is 0 Å². The first kappa shape index (κ1) is 23.7. The molecule has 5 rings (SSSR count). The Labute approximate surface area is 210 Å². The Morgan fingerprint density at radius 1 is 1.05 bits per heavy atom. The summed E-state index contributed by atoms with van der Waals surface area (Å²) in [6.07, 6.45) is 2.87. The topological polar surface area (TPSA) is 104 Å². The number of hydrogen-bond donors (Lipinski definition) is 2. The van der Waals surface area contributed by atoms with E-state index in [1.54, 1.807) is 41.8 Å². The molecule has 1 amide bonds. The van der Waals surface area contributed by atoms with Gasteiger partial charge >= 0.3 is 5.97 Å². The van der Waals surface area contributed by atoms with Crippen molar-refractivity contribution in [2.75, 3.05) is 5.43 Å². The Bertz CT molecular complexity index is 1660. The van der Waals surface area contributed by atoms with Gasteiger partial charge in [-0.3, -0.25) is 15.0 Å². The molecule has 8 nitrogen and oxygen atoms in total. The first-order valence-corrected chi connectivity index (χ1v) is 11.5. The van der Waals surface area contributed by atoms with Crippen molar-refractivity contribution in [2.45, 2.75) is 13.5 Å². The number of aromatic nitrogens is 1. The van der Waals surface area contributed by atoms with Gasteiger partial charge in [-0.05, 0) is 30.7 Å². The highest BCUT2D eigenvalue weighted by Crippen LogP contribution is 2.27. The van der Waals surface area contributed by atoms with Crippen molar-refractivity contribution in [1.82, 2.24) is 9.58 Å². The van der Waals surface area contributed by atoms with Crippen LogP contribution in [0.2, 0.25) is 0 Å². The number of carboxylic acids is 1. The molecular formula is C28H21FN4O4. The van der Waals surface area contributed by atoms with Gasteiger partial charge < -0.3 is 9.67 Å². The molecule has 0 saturated heterocycles. The van der Waals surface area contributed by atoms with Crippen LogP contribution in [0.4, 0.5) is 10.1 Å². The number of amides is 1. The van der Waals surface area contributed by atoms with Gasteiger partial charge in [-0.15, -0.1) is 0 Å². The van der Waals surface area contributed by atoms with Crippen LogP contribution in [0.15, 0.2) is 94.5 Å². The van der Waals surface area contributed by atoms with E-state index < -0.39 is 28.7 Å². The number of aryl methyl sites for hydroxylation is 1. The predicted molar refractivity (Wildman–Crippen MR) is 139 cm³/mol. The van der Waals surface area contributed by atoms with Crippen molar-refractivity contribution in [3.63, 3.8) is 0 Å². The van der Waals surface area contributed by atoms with Crippen LogP contribution in [-0.4, -0.2) is 32.4 Å². The summed E-state index contributed by atoms with van der Waals surface area (Å²) >= 11 is 0. The summed E-state index contributed by atoms with van der Waals surface area (Å²) < 4.78 is 16.8. The lowest BCUT2D eigenvalue weighted by Crippen LogP contribution is -2.38. The maximum absolute atomic E-state index is 15.3. The Morgan fingerprint density at radius 3 is 2.38 bits per heavy atom. The lowest BCUT2D eigenvalue weighted by Gasteiger charge is -2.21. The number of anilines is 1. The molecule has 0 bridgehead atoms. The minimum atomic E-state index is -1.39. The minimum Gasteiger partial charge on any atom is -0.477 e. The second kappa shape index (κ2) is 9.54. The van der Waals surface area contributed by atoms with Crippen LogP contribution in [0.5, 0.6) is 0 Å². The van der Waals surface area contributed by atoms with Gasteiger partial charge in [0.05, 0.1) is 11.2 Å². The second-order valence-corrected chi connectivity index (χ2v) is 8.31. The number of carboxylic acid groups (broad SMARTS) is 1. The van der Waals surface area contributed by atoms with Crippen LogP contribution in [0, 0.1) is 5.82 Å². The van der Waals surface area contributed by atoms with Crippen molar-refractivity contribution in [3.05, 3.63) is 117 Å². The molecule has 184 valence electrons. The van der Waals surface area contributed by atoms with Crippen LogP contribution in [0.1, 0.15) is 28.4 Å². The Kier molecular flexibility index (Phi) is 6.10. The van der Waals surface area contributed by atoms with E-state index in [-0.39, 0.29) is 22.6 Å². The molecule has 4 aromatic rings. The molecule has 0 saturated carbocycles. The smallest absolute Gasteiger partial charge is 0.341 e. The molecule has 1 aliphatic heterocycles. The number of hydrogen-bond acceptors (Lipinski definition) is 5. The summed E-state index contributed by atoms with van der Waals surface area (Å²) in [4.78, 5) is 42.1. The maximum Gasteiger partial charge on any atom is 0.341 e. The lowest BCUT2D eigenvalue weighted by molar-refractivity contribution is -0.121. The molecule has 0 fully saturated rings. The molecule has 0 aliphatic carbocycles. The lowest BCUT2D eigenvalue weighted by atomic mass is 10.1. The van der Waals surface area contributed by atoms with Gasteiger partial charge in [-0.2, -0.15) is 5.01 Å². The van der Waals surface area contributed by atoms with E-state index in [1.807, 2.05) is 36.4 Å². The monoisotopic (exact) mass is 496 g/mol. The molecule has 0 spiro atoms. The van der Waals surface area contributed by atoms with Gasteiger partial charge in [-0.1, -0.05) is 60.7 Å². The highest BCUT2D eigenvalue weighted by molar-refractivity contribution is 6.20. The second-order valence-electron chi connectivity index (χ2n) is 8.31. The highest BCUT2D eigenvalue weighted by atomic mass is 19.1. The number of carbonyl (C=O) groups excluding carboxylic acids is 1. The van der Waals surface area contributed by atoms with Gasteiger partial charge in [0.25, 0.3) is 5.91 Å². The summed E-state index contributed by atoms with van der Waals surface area (Å²) in [5, 5.41) is 10.5. The van der Waals surface area contributed by atoms with E-state index in [2.05, 4.69) is 10.4 Å². The Morgan fingerprint density at radius 2 is 1.73 bits per heavy atom. The molecule has 2 N–H and O–H groups in total. The number of benzene rings is 3. The van der Waals surface area contributed by atoms with Crippen molar-refractivity contribution >= 4 is 40.4 Å². The van der Waals surface area contributed by atoms with E-state index in [1.165, 1.54) is 12.3 Å². The average molecular weight is 496 g/mol. The van der Waals surface area contributed by atoms with Crippen molar-refractivity contribution in [2.24, 2.45) is 4.99 Å². The number of nitrogens with zero attached hydrogens (tertiary/aromatic N) is 3. The quantitative estimate of drug-likeness (QED) is 0.382. The Balaban J connectivity index is 1.61. The third-order valence-corrected chi connectivity index (χ3v) is 5.97. The number of carbonyl (C=O) groups is 2. The molecule has 0 unspecified atom stereocenters. The van der Waals surface area contributed by atoms with Gasteiger partial charge in [0.1, 0.15) is 17.1 Å². The zero-order valence-electron chi connectivity index (χ0n) is 19.7. The summed E-state index contributed by atoms with van der Waals surface area (Å²) in [5.74, 6) is -2.42. The SMILES string of the molecule is CCn1cc(C(=O)O)c(=O)c2cc(F)c(NN3C(=O)/C(=C\c4ccccc4)N=C3c3ccccc3)cc21. The fourth-order valence-electron chi connectivity index (χ4n) is 4.14. The van der Waals surface area contributed by atoms with E-state index in [4.69, 9.17) is 0 Å². The number of aliphatic imine (C=N–C) groups is 1. The standard InChI is InChI=1S/C28H21FN4O4/c1-2-32-16-20(28(36)37)25(34)19-14-21(29)22(15-24(19)32)31-33-26(18-11-7-4-8-12-18)30-23(27(33)35)13-17-9-5-3-6-10-17/h3-16,31H,2H2,1H3,(H,36,37)/b23-13+. The van der Waals surface area contributed by atoms with Crippen molar-refractivity contribution < 1.29 is 19.1 Å². The van der Waals surface area contributed by atoms with E-state index in [0.29, 0.717) is 17.6 Å². The van der Waals surface area contributed by atoms with Crippen LogP contribution < -0.4 is 10.9 Å². The molecule has 9 heteroatoms. The number of halogens is 1. The number of amidine groups is 1. The third kappa shape index (κ3) is 4.38. The van der Waals surface area contributed by atoms with Crippen molar-refractivity contribution in [1.29, 1.82) is 0 Å². The number of hydrazine groups is 1. The van der Waals surface area contributed by atoms with Gasteiger partial charge in [0.15, 0.2) is 5.84 Å². The minimum absolute atomic E-state index is 0.0702. The summed E-state index contributed by atoms with van der Waals surface area (Å²) in [6.45, 7) is 2.11. The van der Waals surface area contributed by atoms with Crippen LogP contribution in [0.25, 0.3) is 17.0 Å². The number of rotatable bonds is 6. The van der Waals surface area contributed by atoms with E-state index in [9.17, 15) is 19.5 Å². The van der Waals surface area contributed by atoms with Crippen LogP contribution in [0.3, 0.4) is 0 Å². The normalized spacial score (nSPS) is 14.3. The molecular weight excluding hydrogens is 475 g/mol.